The molecule has 33 heavy (non-hydrogen) atoms. The smallest absolute Gasteiger partial charge is 0.407 e. The Balaban J connectivity index is 1.44. The molecule has 9 heteroatoms. The third kappa shape index (κ3) is 4.47. The number of benzene rings is 3. The Morgan fingerprint density at radius 3 is 2.24 bits per heavy atom. The van der Waals surface area contributed by atoms with Crippen LogP contribution in [0.15, 0.2) is 66.7 Å². The fourth-order valence-corrected chi connectivity index (χ4v) is 4.09. The van der Waals surface area contributed by atoms with Crippen molar-refractivity contribution in [3.8, 4) is 11.1 Å². The van der Waals surface area contributed by atoms with Crippen molar-refractivity contribution in [1.82, 2.24) is 5.32 Å². The monoisotopic (exact) mass is 447 g/mol. The molecule has 0 saturated carbocycles. The van der Waals surface area contributed by atoms with Gasteiger partial charge < -0.3 is 20.9 Å². The number of hydrogen-bond donors (Lipinski definition) is 3. The molecule has 0 fully saturated rings. The number of amides is 1. The summed E-state index contributed by atoms with van der Waals surface area (Å²) in [7, 11) is 0. The summed E-state index contributed by atoms with van der Waals surface area (Å²) in [6.45, 7) is 0.0412. The maximum Gasteiger partial charge on any atom is 0.407 e. The van der Waals surface area contributed by atoms with Crippen molar-refractivity contribution in [3.63, 3.8) is 0 Å². The Labute approximate surface area is 189 Å². The minimum Gasteiger partial charge on any atom is -0.480 e. The minimum absolute atomic E-state index is 0.0277. The molecule has 4 rings (SSSR count). The van der Waals surface area contributed by atoms with Gasteiger partial charge in [-0.25, -0.2) is 9.59 Å². The van der Waals surface area contributed by atoms with E-state index in [9.17, 15) is 24.8 Å². The van der Waals surface area contributed by atoms with Gasteiger partial charge in [-0.3, -0.25) is 10.1 Å². The number of carbonyl (C=O) groups is 2. The van der Waals surface area contributed by atoms with E-state index in [4.69, 9.17) is 10.5 Å². The fourth-order valence-electron chi connectivity index (χ4n) is 4.09. The highest BCUT2D eigenvalue weighted by molar-refractivity contribution is 5.81. The van der Waals surface area contributed by atoms with Crippen LogP contribution in [0.25, 0.3) is 11.1 Å². The highest BCUT2D eigenvalue weighted by atomic mass is 16.6. The van der Waals surface area contributed by atoms with Gasteiger partial charge in [-0.2, -0.15) is 0 Å². The molecule has 0 saturated heterocycles. The molecule has 0 aromatic heterocycles. The minimum atomic E-state index is -1.33. The van der Waals surface area contributed by atoms with Crippen LogP contribution in [-0.2, 0) is 16.0 Å². The molecule has 3 aromatic rings. The van der Waals surface area contributed by atoms with Crippen LogP contribution in [0.4, 0.5) is 16.2 Å². The highest BCUT2D eigenvalue weighted by Gasteiger charge is 2.30. The molecule has 4 N–H and O–H groups in total. The van der Waals surface area contributed by atoms with E-state index < -0.39 is 23.0 Å². The SMILES string of the molecule is Nc1ccc(C[C@H](NC(=O)OCC2c3ccccc3-c3ccccc32)C(=O)O)cc1[N+](=O)[O-]. The van der Waals surface area contributed by atoms with Gasteiger partial charge in [0.25, 0.3) is 5.69 Å². The number of hydrogen-bond acceptors (Lipinski definition) is 6. The summed E-state index contributed by atoms with van der Waals surface area (Å²) in [5, 5.41) is 22.9. The molecule has 0 unspecified atom stereocenters. The number of nitrogen functional groups attached to an aromatic ring is 1. The summed E-state index contributed by atoms with van der Waals surface area (Å²) >= 11 is 0. The number of nitrogens with two attached hydrogens (primary N) is 1. The first-order valence-corrected chi connectivity index (χ1v) is 10.2. The van der Waals surface area contributed by atoms with E-state index in [1.54, 1.807) is 0 Å². The molecule has 9 nitrogen and oxygen atoms in total. The van der Waals surface area contributed by atoms with Gasteiger partial charge in [-0.15, -0.1) is 0 Å². The third-order valence-electron chi connectivity index (χ3n) is 5.67. The molecule has 1 atom stereocenters. The number of anilines is 1. The van der Waals surface area contributed by atoms with Crippen molar-refractivity contribution in [2.45, 2.75) is 18.4 Å². The summed E-state index contributed by atoms with van der Waals surface area (Å²) in [5.41, 5.74) is 9.81. The number of aliphatic carboxylic acids is 1. The second-order valence-corrected chi connectivity index (χ2v) is 7.72. The predicted octanol–water partition coefficient (Wildman–Crippen LogP) is 3.71. The van der Waals surface area contributed by atoms with Crippen molar-refractivity contribution < 1.29 is 24.4 Å². The van der Waals surface area contributed by atoms with Crippen molar-refractivity contribution in [2.24, 2.45) is 0 Å². The number of nitrogens with one attached hydrogen (secondary N) is 1. The lowest BCUT2D eigenvalue weighted by atomic mass is 9.98. The number of carbonyl (C=O) groups excluding carboxylic acids is 1. The van der Waals surface area contributed by atoms with E-state index in [0.717, 1.165) is 22.3 Å². The van der Waals surface area contributed by atoms with E-state index in [1.165, 1.54) is 18.2 Å². The quantitative estimate of drug-likeness (QED) is 0.284. The zero-order valence-corrected chi connectivity index (χ0v) is 17.4. The van der Waals surface area contributed by atoms with E-state index in [1.807, 2.05) is 48.5 Å². The molecule has 0 spiro atoms. The lowest BCUT2D eigenvalue weighted by Gasteiger charge is -2.17. The van der Waals surface area contributed by atoms with Gasteiger partial charge >= 0.3 is 12.1 Å². The average Bonchev–Trinajstić information content (AvgIpc) is 3.12. The van der Waals surface area contributed by atoms with E-state index in [-0.39, 0.29) is 30.3 Å². The van der Waals surface area contributed by atoms with Crippen LogP contribution in [0.2, 0.25) is 0 Å². The fraction of sp³-hybridized carbons (Fsp3) is 0.167. The normalized spacial score (nSPS) is 13.0. The lowest BCUT2D eigenvalue weighted by Crippen LogP contribution is -2.42. The molecule has 168 valence electrons. The Bertz CT molecular complexity index is 1200. The van der Waals surface area contributed by atoms with E-state index in [0.29, 0.717) is 5.56 Å². The molecular formula is C24H21N3O6. The van der Waals surface area contributed by atoms with Crippen LogP contribution in [0.5, 0.6) is 0 Å². The van der Waals surface area contributed by atoms with Gasteiger partial charge in [0.1, 0.15) is 18.3 Å². The summed E-state index contributed by atoms with van der Waals surface area (Å²) in [5.74, 6) is -1.45. The van der Waals surface area contributed by atoms with Gasteiger partial charge in [0.15, 0.2) is 0 Å². The number of nitro groups is 1. The van der Waals surface area contributed by atoms with Gasteiger partial charge in [-0.1, -0.05) is 54.6 Å². The standard InChI is InChI=1S/C24H21N3O6/c25-20-10-9-14(12-22(20)27(31)32)11-21(23(28)29)26-24(30)33-13-19-17-7-3-1-5-15(17)16-6-2-4-8-18(16)19/h1-10,12,19,21H,11,13,25H2,(H,26,30)(H,28,29)/t21-/m0/s1. The number of nitrogens with zero attached hydrogens (tertiary/aromatic N) is 1. The molecule has 1 amide bonds. The number of alkyl carbamates (subject to hydrolysis) is 1. The third-order valence-corrected chi connectivity index (χ3v) is 5.67. The Morgan fingerprint density at radius 2 is 1.67 bits per heavy atom. The first-order valence-electron chi connectivity index (χ1n) is 10.2. The lowest BCUT2D eigenvalue weighted by molar-refractivity contribution is -0.384. The second-order valence-electron chi connectivity index (χ2n) is 7.72. The zero-order valence-electron chi connectivity index (χ0n) is 17.4. The summed E-state index contributed by atoms with van der Waals surface area (Å²) in [6, 6.07) is 18.4. The summed E-state index contributed by atoms with van der Waals surface area (Å²) in [4.78, 5) is 34.5. The van der Waals surface area contributed by atoms with Crippen LogP contribution >= 0.6 is 0 Å². The van der Waals surface area contributed by atoms with E-state index in [2.05, 4.69) is 5.32 Å². The first kappa shape index (κ1) is 21.8. The van der Waals surface area contributed by atoms with Crippen LogP contribution in [0.1, 0.15) is 22.6 Å². The van der Waals surface area contributed by atoms with Crippen LogP contribution in [0.3, 0.4) is 0 Å². The van der Waals surface area contributed by atoms with Crippen molar-refractivity contribution in [2.75, 3.05) is 12.3 Å². The number of fused-ring (bicyclic) bond motifs is 3. The van der Waals surface area contributed by atoms with E-state index >= 15 is 0 Å². The number of carboxylic acid groups (broad SMARTS) is 1. The Kier molecular flexibility index (Phi) is 5.95. The van der Waals surface area contributed by atoms with Crippen molar-refractivity contribution in [3.05, 3.63) is 93.5 Å². The number of carboxylic acids is 1. The number of rotatable bonds is 7. The molecule has 0 aliphatic heterocycles. The second kappa shape index (κ2) is 8.99. The van der Waals surface area contributed by atoms with Crippen molar-refractivity contribution in [1.29, 1.82) is 0 Å². The van der Waals surface area contributed by atoms with Crippen molar-refractivity contribution >= 4 is 23.4 Å². The molecule has 0 bridgehead atoms. The van der Waals surface area contributed by atoms with Gasteiger partial charge in [0.05, 0.1) is 4.92 Å². The number of ether oxygens (including phenoxy) is 1. The molecule has 0 heterocycles. The topological polar surface area (TPSA) is 145 Å². The molecule has 1 aliphatic carbocycles. The summed E-state index contributed by atoms with van der Waals surface area (Å²) in [6.07, 6.45) is -1.05. The van der Waals surface area contributed by atoms with Crippen LogP contribution in [0, 0.1) is 10.1 Å². The van der Waals surface area contributed by atoms with Gasteiger partial charge in [0.2, 0.25) is 0 Å². The molecule has 1 aliphatic rings. The zero-order chi connectivity index (χ0) is 23.5. The average molecular weight is 447 g/mol. The Hall–Kier alpha value is -4.40. The highest BCUT2D eigenvalue weighted by Crippen LogP contribution is 2.44. The van der Waals surface area contributed by atoms with Gasteiger partial charge in [0, 0.05) is 18.4 Å². The first-order chi connectivity index (χ1) is 15.8. The maximum absolute atomic E-state index is 12.4. The molecule has 0 radical (unpaired) electrons. The number of nitro benzene ring substituents is 1. The Morgan fingerprint density at radius 1 is 1.06 bits per heavy atom. The predicted molar refractivity (Wildman–Crippen MR) is 121 cm³/mol. The molecule has 3 aromatic carbocycles. The van der Waals surface area contributed by atoms with Crippen LogP contribution in [-0.4, -0.2) is 34.7 Å². The largest absolute Gasteiger partial charge is 0.480 e. The van der Waals surface area contributed by atoms with Crippen LogP contribution < -0.4 is 11.1 Å². The summed E-state index contributed by atoms with van der Waals surface area (Å²) < 4.78 is 5.40. The van der Waals surface area contributed by atoms with Gasteiger partial charge in [-0.05, 0) is 33.9 Å². The maximum atomic E-state index is 12.4. The molecular weight excluding hydrogens is 426 g/mol.